The zero-order chi connectivity index (χ0) is 12.3. The van der Waals surface area contributed by atoms with Gasteiger partial charge in [0.1, 0.15) is 0 Å². The van der Waals surface area contributed by atoms with Crippen LogP contribution in [0.15, 0.2) is 0 Å². The van der Waals surface area contributed by atoms with Crippen LogP contribution in [0.2, 0.25) is 0 Å². The fraction of sp³-hybridized carbons (Fsp3) is 0.923. The maximum atomic E-state index is 12.0. The van der Waals surface area contributed by atoms with Crippen molar-refractivity contribution in [2.45, 2.75) is 52.5 Å². The van der Waals surface area contributed by atoms with Crippen LogP contribution in [-0.4, -0.2) is 30.4 Å². The summed E-state index contributed by atoms with van der Waals surface area (Å²) in [6.45, 7) is 6.98. The molecule has 1 atom stereocenters. The minimum atomic E-state index is -0.0417. The molecule has 1 fully saturated rings. The molecule has 0 saturated heterocycles. The number of amides is 1. The maximum absolute atomic E-state index is 12.0. The molecule has 1 unspecified atom stereocenters. The average molecular weight is 263 g/mol. The summed E-state index contributed by atoms with van der Waals surface area (Å²) >= 11 is 0. The Morgan fingerprint density at radius 2 is 1.88 bits per heavy atom. The van der Waals surface area contributed by atoms with E-state index in [0.717, 1.165) is 12.8 Å². The second kappa shape index (κ2) is 6.60. The Bertz CT molecular complexity index is 246. The number of carbonyl (C=O) groups is 1. The zero-order valence-corrected chi connectivity index (χ0v) is 12.3. The normalized spacial score (nSPS) is 21.5. The van der Waals surface area contributed by atoms with E-state index in [2.05, 4.69) is 13.8 Å². The smallest absolute Gasteiger partial charge is 0.226 e. The number of nitrogens with zero attached hydrogens (tertiary/aromatic N) is 1. The van der Waals surface area contributed by atoms with Gasteiger partial charge in [-0.3, -0.25) is 4.79 Å². The van der Waals surface area contributed by atoms with E-state index in [4.69, 9.17) is 5.73 Å². The van der Waals surface area contributed by atoms with Gasteiger partial charge in [0.15, 0.2) is 0 Å². The minimum absolute atomic E-state index is 0. The SMILES string of the molecule is CC(CN)C(=O)N(C)C1CCC(C)(C)CC1.Cl. The van der Waals surface area contributed by atoms with Gasteiger partial charge in [0.2, 0.25) is 5.91 Å². The van der Waals surface area contributed by atoms with Crippen LogP contribution in [0.1, 0.15) is 46.5 Å². The third-order valence-electron chi connectivity index (χ3n) is 3.98. The average Bonchev–Trinajstić information content (AvgIpc) is 2.26. The molecule has 0 radical (unpaired) electrons. The van der Waals surface area contributed by atoms with E-state index >= 15 is 0 Å². The zero-order valence-electron chi connectivity index (χ0n) is 11.5. The van der Waals surface area contributed by atoms with Crippen LogP contribution in [0.3, 0.4) is 0 Å². The van der Waals surface area contributed by atoms with Crippen LogP contribution in [-0.2, 0) is 4.79 Å². The first-order chi connectivity index (χ1) is 7.37. The van der Waals surface area contributed by atoms with E-state index in [-0.39, 0.29) is 24.2 Å². The lowest BCUT2D eigenvalue weighted by molar-refractivity contribution is -0.136. The Kier molecular flexibility index (Phi) is 6.49. The fourth-order valence-corrected chi connectivity index (χ4v) is 2.40. The Morgan fingerprint density at radius 1 is 1.41 bits per heavy atom. The Labute approximate surface area is 112 Å². The molecule has 2 N–H and O–H groups in total. The van der Waals surface area contributed by atoms with E-state index in [9.17, 15) is 4.79 Å². The first-order valence-corrected chi connectivity index (χ1v) is 6.34. The molecule has 1 saturated carbocycles. The van der Waals surface area contributed by atoms with Gasteiger partial charge < -0.3 is 10.6 Å². The van der Waals surface area contributed by atoms with Gasteiger partial charge in [-0.25, -0.2) is 0 Å². The van der Waals surface area contributed by atoms with Gasteiger partial charge in [0.05, 0.1) is 0 Å². The lowest BCUT2D eigenvalue weighted by Gasteiger charge is -2.39. The molecule has 0 aromatic carbocycles. The van der Waals surface area contributed by atoms with Crippen molar-refractivity contribution in [1.82, 2.24) is 4.90 Å². The van der Waals surface area contributed by atoms with Crippen molar-refractivity contribution in [3.05, 3.63) is 0 Å². The molecule has 1 aliphatic rings. The highest BCUT2D eigenvalue weighted by Gasteiger charge is 2.31. The van der Waals surface area contributed by atoms with Crippen LogP contribution in [0.5, 0.6) is 0 Å². The van der Waals surface area contributed by atoms with Crippen molar-refractivity contribution in [3.8, 4) is 0 Å². The monoisotopic (exact) mass is 262 g/mol. The van der Waals surface area contributed by atoms with Crippen molar-refractivity contribution < 1.29 is 4.79 Å². The van der Waals surface area contributed by atoms with E-state index in [1.54, 1.807) is 0 Å². The van der Waals surface area contributed by atoms with E-state index in [1.165, 1.54) is 12.8 Å². The van der Waals surface area contributed by atoms with Crippen LogP contribution in [0, 0.1) is 11.3 Å². The standard InChI is InChI=1S/C13H26N2O.ClH/c1-10(9-14)12(16)15(4)11-5-7-13(2,3)8-6-11;/h10-11H,5-9,14H2,1-4H3;1H. The van der Waals surface area contributed by atoms with Crippen molar-refractivity contribution in [3.63, 3.8) is 0 Å². The molecule has 1 amide bonds. The molecule has 0 aliphatic heterocycles. The molecule has 0 spiro atoms. The largest absolute Gasteiger partial charge is 0.343 e. The molecule has 17 heavy (non-hydrogen) atoms. The van der Waals surface area contributed by atoms with Crippen molar-refractivity contribution in [2.75, 3.05) is 13.6 Å². The summed E-state index contributed by atoms with van der Waals surface area (Å²) in [7, 11) is 1.93. The highest BCUT2D eigenvalue weighted by Crippen LogP contribution is 2.36. The highest BCUT2D eigenvalue weighted by atomic mass is 35.5. The Morgan fingerprint density at radius 3 is 2.29 bits per heavy atom. The summed E-state index contributed by atoms with van der Waals surface area (Å²) in [6.07, 6.45) is 4.69. The van der Waals surface area contributed by atoms with Crippen LogP contribution in [0.25, 0.3) is 0 Å². The summed E-state index contributed by atoms with van der Waals surface area (Å²) in [4.78, 5) is 13.9. The van der Waals surface area contributed by atoms with Crippen molar-refractivity contribution >= 4 is 18.3 Å². The van der Waals surface area contributed by atoms with Gasteiger partial charge in [-0.15, -0.1) is 12.4 Å². The first kappa shape index (κ1) is 16.7. The van der Waals surface area contributed by atoms with Gasteiger partial charge >= 0.3 is 0 Å². The second-order valence-corrected chi connectivity index (χ2v) is 5.98. The fourth-order valence-electron chi connectivity index (χ4n) is 2.40. The maximum Gasteiger partial charge on any atom is 0.226 e. The Hall–Kier alpha value is -0.280. The lowest BCUT2D eigenvalue weighted by atomic mass is 9.75. The molecule has 0 aromatic rings. The van der Waals surface area contributed by atoms with Crippen LogP contribution >= 0.6 is 12.4 Å². The number of hydrogen-bond donors (Lipinski definition) is 1. The number of rotatable bonds is 3. The van der Waals surface area contributed by atoms with Gasteiger partial charge in [0, 0.05) is 25.6 Å². The molecular formula is C13H27ClN2O. The molecule has 4 heteroatoms. The van der Waals surface area contributed by atoms with Gasteiger partial charge in [0.25, 0.3) is 0 Å². The van der Waals surface area contributed by atoms with Gasteiger partial charge in [-0.2, -0.15) is 0 Å². The number of carbonyl (C=O) groups excluding carboxylic acids is 1. The molecular weight excluding hydrogens is 236 g/mol. The Balaban J connectivity index is 0.00000256. The summed E-state index contributed by atoms with van der Waals surface area (Å²) in [5, 5.41) is 0. The van der Waals surface area contributed by atoms with Crippen LogP contribution in [0.4, 0.5) is 0 Å². The third kappa shape index (κ3) is 4.47. The van der Waals surface area contributed by atoms with E-state index in [0.29, 0.717) is 18.0 Å². The molecule has 1 rings (SSSR count). The summed E-state index contributed by atoms with van der Waals surface area (Å²) in [5.74, 6) is 0.159. The summed E-state index contributed by atoms with van der Waals surface area (Å²) in [5.41, 5.74) is 5.99. The second-order valence-electron chi connectivity index (χ2n) is 5.98. The predicted octanol–water partition coefficient (Wildman–Crippen LogP) is 2.43. The summed E-state index contributed by atoms with van der Waals surface area (Å²) in [6, 6.07) is 0.425. The molecule has 0 heterocycles. The van der Waals surface area contributed by atoms with Gasteiger partial charge in [-0.05, 0) is 31.1 Å². The molecule has 102 valence electrons. The third-order valence-corrected chi connectivity index (χ3v) is 3.98. The molecule has 0 aromatic heterocycles. The highest BCUT2D eigenvalue weighted by molar-refractivity contribution is 5.85. The topological polar surface area (TPSA) is 46.3 Å². The lowest BCUT2D eigenvalue weighted by Crippen LogP contribution is -2.44. The molecule has 0 bridgehead atoms. The van der Waals surface area contributed by atoms with Crippen LogP contribution < -0.4 is 5.73 Å². The van der Waals surface area contributed by atoms with Gasteiger partial charge in [-0.1, -0.05) is 20.8 Å². The van der Waals surface area contributed by atoms with E-state index in [1.807, 2.05) is 18.9 Å². The number of nitrogens with two attached hydrogens (primary N) is 1. The number of hydrogen-bond acceptors (Lipinski definition) is 2. The quantitative estimate of drug-likeness (QED) is 0.849. The van der Waals surface area contributed by atoms with E-state index < -0.39 is 0 Å². The molecule has 3 nitrogen and oxygen atoms in total. The number of halogens is 1. The van der Waals surface area contributed by atoms with Crippen molar-refractivity contribution in [1.29, 1.82) is 0 Å². The first-order valence-electron chi connectivity index (χ1n) is 6.34. The predicted molar refractivity (Wildman–Crippen MR) is 74.3 cm³/mol. The minimum Gasteiger partial charge on any atom is -0.343 e. The molecule has 1 aliphatic carbocycles. The van der Waals surface area contributed by atoms with Crippen molar-refractivity contribution in [2.24, 2.45) is 17.1 Å². The summed E-state index contributed by atoms with van der Waals surface area (Å²) < 4.78 is 0.